The molecule has 3 nitrogen and oxygen atoms in total. The van der Waals surface area contributed by atoms with Crippen LogP contribution in [0.5, 0.6) is 0 Å². The lowest BCUT2D eigenvalue weighted by molar-refractivity contribution is 0.193. The average molecular weight is 221 g/mol. The van der Waals surface area contributed by atoms with Crippen molar-refractivity contribution in [1.82, 2.24) is 10.2 Å². The predicted octanol–water partition coefficient (Wildman–Crippen LogP) is 1.75. The molecule has 2 aliphatic rings. The highest BCUT2D eigenvalue weighted by Crippen LogP contribution is 2.41. The third kappa shape index (κ3) is 2.56. The Morgan fingerprint density at radius 2 is 2.00 bits per heavy atom. The van der Waals surface area contributed by atoms with Gasteiger partial charge in [0.25, 0.3) is 0 Å². The van der Waals surface area contributed by atoms with Gasteiger partial charge in [-0.1, -0.05) is 0 Å². The zero-order valence-corrected chi connectivity index (χ0v) is 10.7. The maximum Gasteiger partial charge on any atom is 0.122 e. The molecule has 0 bridgehead atoms. The molecular weight excluding hydrogens is 198 g/mol. The highest BCUT2D eigenvalue weighted by molar-refractivity contribution is 5.18. The quantitative estimate of drug-likeness (QED) is 0.742. The molecule has 0 saturated heterocycles. The monoisotopic (exact) mass is 221 g/mol. The maximum atomic E-state index is 9.56. The molecule has 3 heteroatoms. The van der Waals surface area contributed by atoms with E-state index in [9.17, 15) is 5.26 Å². The summed E-state index contributed by atoms with van der Waals surface area (Å²) in [6.45, 7) is 5.24. The summed E-state index contributed by atoms with van der Waals surface area (Å²) >= 11 is 0. The second kappa shape index (κ2) is 4.35. The van der Waals surface area contributed by atoms with Crippen molar-refractivity contribution in [3.05, 3.63) is 0 Å². The summed E-state index contributed by atoms with van der Waals surface area (Å²) in [7, 11) is 2.12. The van der Waals surface area contributed by atoms with E-state index in [-0.39, 0.29) is 5.54 Å². The Labute approximate surface area is 98.8 Å². The molecule has 0 aliphatic heterocycles. The molecule has 0 aromatic heterocycles. The van der Waals surface area contributed by atoms with E-state index in [1.54, 1.807) is 0 Å². The normalized spacial score (nSPS) is 24.5. The van der Waals surface area contributed by atoms with Gasteiger partial charge in [0.1, 0.15) is 5.54 Å². The van der Waals surface area contributed by atoms with E-state index < -0.39 is 0 Å². The van der Waals surface area contributed by atoms with Crippen LogP contribution in [0, 0.1) is 17.2 Å². The first-order valence-electron chi connectivity index (χ1n) is 6.46. The highest BCUT2D eigenvalue weighted by atomic mass is 15.2. The van der Waals surface area contributed by atoms with Crippen molar-refractivity contribution >= 4 is 0 Å². The molecule has 0 amide bonds. The minimum Gasteiger partial charge on any atom is -0.301 e. The summed E-state index contributed by atoms with van der Waals surface area (Å²) in [6.07, 6.45) is 4.95. The third-order valence-corrected chi connectivity index (χ3v) is 3.89. The lowest BCUT2D eigenvalue weighted by Gasteiger charge is -2.34. The smallest absolute Gasteiger partial charge is 0.122 e. The SMILES string of the molecule is CC(C)N(C)CC(C#N)(NC1CC1)C1CC1. The molecule has 0 heterocycles. The van der Waals surface area contributed by atoms with Gasteiger partial charge in [0.15, 0.2) is 0 Å². The van der Waals surface area contributed by atoms with Crippen molar-refractivity contribution in [3.8, 4) is 6.07 Å². The van der Waals surface area contributed by atoms with Crippen LogP contribution in [-0.4, -0.2) is 36.1 Å². The number of hydrogen-bond donors (Lipinski definition) is 1. The minimum absolute atomic E-state index is 0.278. The van der Waals surface area contributed by atoms with Crippen LogP contribution < -0.4 is 5.32 Å². The fourth-order valence-corrected chi connectivity index (χ4v) is 2.20. The standard InChI is InChI=1S/C13H23N3/c1-10(2)16(3)9-13(8-14,11-4-5-11)15-12-6-7-12/h10-12,15H,4-7,9H2,1-3H3. The summed E-state index contributed by atoms with van der Waals surface area (Å²) < 4.78 is 0. The zero-order valence-electron chi connectivity index (χ0n) is 10.7. The molecule has 0 aromatic rings. The van der Waals surface area contributed by atoms with E-state index in [0.717, 1.165) is 6.54 Å². The first kappa shape index (κ1) is 11.9. The van der Waals surface area contributed by atoms with Crippen molar-refractivity contribution in [2.45, 2.75) is 57.2 Å². The van der Waals surface area contributed by atoms with Crippen LogP contribution in [0.3, 0.4) is 0 Å². The van der Waals surface area contributed by atoms with Crippen molar-refractivity contribution in [2.24, 2.45) is 5.92 Å². The van der Waals surface area contributed by atoms with Gasteiger partial charge >= 0.3 is 0 Å². The molecule has 1 unspecified atom stereocenters. The molecule has 0 aromatic carbocycles. The summed E-state index contributed by atoms with van der Waals surface area (Å²) in [5, 5.41) is 13.2. The second-order valence-electron chi connectivity index (χ2n) is 5.78. The van der Waals surface area contributed by atoms with Crippen molar-refractivity contribution in [1.29, 1.82) is 5.26 Å². The Hall–Kier alpha value is -0.590. The van der Waals surface area contributed by atoms with E-state index in [1.807, 2.05) is 0 Å². The van der Waals surface area contributed by atoms with Gasteiger partial charge in [-0.3, -0.25) is 5.32 Å². The molecule has 1 atom stereocenters. The maximum absolute atomic E-state index is 9.56. The fraction of sp³-hybridized carbons (Fsp3) is 0.923. The van der Waals surface area contributed by atoms with Crippen molar-refractivity contribution in [2.75, 3.05) is 13.6 Å². The van der Waals surface area contributed by atoms with Gasteiger partial charge in [-0.05, 0) is 52.5 Å². The van der Waals surface area contributed by atoms with Crippen molar-refractivity contribution < 1.29 is 0 Å². The minimum atomic E-state index is -0.278. The van der Waals surface area contributed by atoms with Gasteiger partial charge in [-0.25, -0.2) is 0 Å². The van der Waals surface area contributed by atoms with E-state index in [0.29, 0.717) is 18.0 Å². The first-order chi connectivity index (χ1) is 7.57. The number of nitriles is 1. The van der Waals surface area contributed by atoms with Crippen LogP contribution in [0.15, 0.2) is 0 Å². The number of hydrogen-bond acceptors (Lipinski definition) is 3. The molecule has 2 saturated carbocycles. The lowest BCUT2D eigenvalue weighted by atomic mass is 9.93. The summed E-state index contributed by atoms with van der Waals surface area (Å²) in [5.41, 5.74) is -0.278. The third-order valence-electron chi connectivity index (χ3n) is 3.89. The van der Waals surface area contributed by atoms with E-state index >= 15 is 0 Å². The molecule has 1 N–H and O–H groups in total. The van der Waals surface area contributed by atoms with Crippen LogP contribution >= 0.6 is 0 Å². The average Bonchev–Trinajstić information content (AvgIpc) is 3.09. The Balaban J connectivity index is 2.03. The molecular formula is C13H23N3. The zero-order chi connectivity index (χ0) is 11.8. The topological polar surface area (TPSA) is 39.1 Å². The Bertz CT molecular complexity index is 286. The van der Waals surface area contributed by atoms with Gasteiger partial charge in [-0.15, -0.1) is 0 Å². The first-order valence-corrected chi connectivity index (χ1v) is 6.46. The molecule has 2 aliphatic carbocycles. The molecule has 2 fully saturated rings. The largest absolute Gasteiger partial charge is 0.301 e. The molecule has 16 heavy (non-hydrogen) atoms. The molecule has 0 radical (unpaired) electrons. The fourth-order valence-electron chi connectivity index (χ4n) is 2.20. The highest BCUT2D eigenvalue weighted by Gasteiger charge is 2.48. The number of nitrogens with zero attached hydrogens (tertiary/aromatic N) is 2. The van der Waals surface area contributed by atoms with E-state index in [2.05, 4.69) is 37.2 Å². The predicted molar refractivity (Wildman–Crippen MR) is 65.0 cm³/mol. The summed E-state index contributed by atoms with van der Waals surface area (Å²) in [6, 6.07) is 3.70. The molecule has 90 valence electrons. The number of rotatable bonds is 6. The van der Waals surface area contributed by atoms with Gasteiger partial charge < -0.3 is 4.90 Å². The van der Waals surface area contributed by atoms with Gasteiger partial charge in [0, 0.05) is 18.6 Å². The van der Waals surface area contributed by atoms with Gasteiger partial charge in [-0.2, -0.15) is 5.26 Å². The Morgan fingerprint density at radius 3 is 2.38 bits per heavy atom. The van der Waals surface area contributed by atoms with Gasteiger partial charge in [0.05, 0.1) is 6.07 Å². The Kier molecular flexibility index (Phi) is 3.23. The van der Waals surface area contributed by atoms with Crippen LogP contribution in [0.1, 0.15) is 39.5 Å². The number of likely N-dealkylation sites (N-methyl/N-ethyl adjacent to an activating group) is 1. The second-order valence-corrected chi connectivity index (χ2v) is 5.78. The van der Waals surface area contributed by atoms with Crippen LogP contribution in [0.25, 0.3) is 0 Å². The van der Waals surface area contributed by atoms with Crippen molar-refractivity contribution in [3.63, 3.8) is 0 Å². The van der Waals surface area contributed by atoms with E-state index in [1.165, 1.54) is 25.7 Å². The van der Waals surface area contributed by atoms with Crippen LogP contribution in [0.4, 0.5) is 0 Å². The van der Waals surface area contributed by atoms with Gasteiger partial charge in [0.2, 0.25) is 0 Å². The van der Waals surface area contributed by atoms with E-state index in [4.69, 9.17) is 0 Å². The summed E-state index contributed by atoms with van der Waals surface area (Å²) in [4.78, 5) is 2.29. The number of nitrogens with one attached hydrogen (secondary N) is 1. The molecule has 2 rings (SSSR count). The Morgan fingerprint density at radius 1 is 1.38 bits per heavy atom. The van der Waals surface area contributed by atoms with Crippen LogP contribution in [0.2, 0.25) is 0 Å². The molecule has 0 spiro atoms. The lowest BCUT2D eigenvalue weighted by Crippen LogP contribution is -2.55. The van der Waals surface area contributed by atoms with Crippen LogP contribution in [-0.2, 0) is 0 Å². The summed E-state index contributed by atoms with van der Waals surface area (Å²) in [5.74, 6) is 0.583.